The third kappa shape index (κ3) is 2.75. The zero-order valence-corrected chi connectivity index (χ0v) is 12.6. The molecule has 0 aliphatic carbocycles. The molecule has 0 saturated heterocycles. The number of aryl methyl sites for hydroxylation is 1. The maximum atomic E-state index is 5.70. The van der Waals surface area contributed by atoms with Crippen LogP contribution >= 0.6 is 27.3 Å². The van der Waals surface area contributed by atoms with Crippen LogP contribution in [-0.2, 0) is 0 Å². The zero-order valence-electron chi connectivity index (χ0n) is 10.2. The Bertz CT molecular complexity index is 542. The zero-order chi connectivity index (χ0) is 13.1. The van der Waals surface area contributed by atoms with Crippen LogP contribution in [0.1, 0.15) is 22.0 Å². The van der Waals surface area contributed by atoms with Gasteiger partial charge >= 0.3 is 0 Å². The smallest absolute Gasteiger partial charge is 0.125 e. The van der Waals surface area contributed by atoms with Gasteiger partial charge in [0.15, 0.2) is 0 Å². The minimum absolute atomic E-state index is 0.0574. The Morgan fingerprint density at radius 2 is 2.17 bits per heavy atom. The Balaban J connectivity index is 2.44. The Morgan fingerprint density at radius 1 is 1.39 bits per heavy atom. The van der Waals surface area contributed by atoms with Crippen LogP contribution in [-0.4, -0.2) is 7.11 Å². The largest absolute Gasteiger partial charge is 0.496 e. The summed E-state index contributed by atoms with van der Waals surface area (Å²) in [6, 6.07) is 8.02. The van der Waals surface area contributed by atoms with Gasteiger partial charge in [0.1, 0.15) is 5.75 Å². The van der Waals surface area contributed by atoms with E-state index in [1.54, 1.807) is 18.4 Å². The predicted octanol–water partition coefficient (Wildman–Crippen LogP) is 3.38. The molecule has 0 aliphatic heterocycles. The summed E-state index contributed by atoms with van der Waals surface area (Å²) in [7, 11) is 1.66. The molecule has 1 atom stereocenters. The standard InChI is InChI=1S/C13H15BrN2OS/c1-8-5-9(7-18-8)13(16-15)11-4-3-10(14)6-12(11)17-2/h3-7,13,16H,15H2,1-2H3. The number of rotatable bonds is 4. The van der Waals surface area contributed by atoms with Crippen LogP contribution < -0.4 is 16.0 Å². The van der Waals surface area contributed by atoms with E-state index in [-0.39, 0.29) is 6.04 Å². The van der Waals surface area contributed by atoms with Crippen LogP contribution in [0.5, 0.6) is 5.75 Å². The van der Waals surface area contributed by atoms with Gasteiger partial charge in [-0.3, -0.25) is 5.84 Å². The second-order valence-electron chi connectivity index (χ2n) is 3.98. The number of nitrogens with one attached hydrogen (secondary N) is 1. The summed E-state index contributed by atoms with van der Waals surface area (Å²) in [4.78, 5) is 1.27. The van der Waals surface area contributed by atoms with E-state index in [0.29, 0.717) is 0 Å². The monoisotopic (exact) mass is 326 g/mol. The van der Waals surface area contributed by atoms with Crippen molar-refractivity contribution in [2.24, 2.45) is 5.84 Å². The van der Waals surface area contributed by atoms with Crippen LogP contribution in [0.4, 0.5) is 0 Å². The fraction of sp³-hybridized carbons (Fsp3) is 0.231. The van der Waals surface area contributed by atoms with Crippen molar-refractivity contribution < 1.29 is 4.74 Å². The lowest BCUT2D eigenvalue weighted by molar-refractivity contribution is 0.404. The average molecular weight is 327 g/mol. The summed E-state index contributed by atoms with van der Waals surface area (Å²) in [5, 5.41) is 2.11. The summed E-state index contributed by atoms with van der Waals surface area (Å²) in [5.41, 5.74) is 5.04. The molecule has 1 heterocycles. The van der Waals surface area contributed by atoms with Crippen molar-refractivity contribution >= 4 is 27.3 Å². The molecule has 1 aromatic carbocycles. The van der Waals surface area contributed by atoms with Gasteiger partial charge in [0.05, 0.1) is 13.2 Å². The molecule has 5 heteroatoms. The normalized spacial score (nSPS) is 12.4. The van der Waals surface area contributed by atoms with Crippen molar-refractivity contribution in [3.05, 3.63) is 50.1 Å². The average Bonchev–Trinajstić information content (AvgIpc) is 2.78. The number of hydrazine groups is 1. The topological polar surface area (TPSA) is 47.3 Å². The van der Waals surface area contributed by atoms with Crippen molar-refractivity contribution in [2.45, 2.75) is 13.0 Å². The van der Waals surface area contributed by atoms with Gasteiger partial charge in [-0.2, -0.15) is 0 Å². The van der Waals surface area contributed by atoms with Crippen LogP contribution in [0.15, 0.2) is 34.1 Å². The minimum Gasteiger partial charge on any atom is -0.496 e. The fourth-order valence-electron chi connectivity index (χ4n) is 1.90. The summed E-state index contributed by atoms with van der Waals surface area (Å²) in [6.07, 6.45) is 0. The second-order valence-corrected chi connectivity index (χ2v) is 6.01. The molecule has 2 aromatic rings. The molecular weight excluding hydrogens is 312 g/mol. The molecular formula is C13H15BrN2OS. The SMILES string of the molecule is COc1cc(Br)ccc1C(NN)c1csc(C)c1. The Hall–Kier alpha value is -0.880. The van der Waals surface area contributed by atoms with Crippen molar-refractivity contribution in [2.75, 3.05) is 7.11 Å². The van der Waals surface area contributed by atoms with E-state index in [1.807, 2.05) is 18.2 Å². The first-order chi connectivity index (χ1) is 8.65. The first-order valence-corrected chi connectivity index (χ1v) is 7.17. The van der Waals surface area contributed by atoms with Crippen molar-refractivity contribution in [3.8, 4) is 5.75 Å². The summed E-state index contributed by atoms with van der Waals surface area (Å²) in [6.45, 7) is 2.08. The van der Waals surface area contributed by atoms with Gasteiger partial charge in [-0.1, -0.05) is 22.0 Å². The van der Waals surface area contributed by atoms with Gasteiger partial charge in [-0.15, -0.1) is 11.3 Å². The molecule has 0 bridgehead atoms. The maximum absolute atomic E-state index is 5.70. The molecule has 0 spiro atoms. The lowest BCUT2D eigenvalue weighted by Crippen LogP contribution is -2.28. The molecule has 3 nitrogen and oxygen atoms in total. The summed E-state index contributed by atoms with van der Waals surface area (Å²) >= 11 is 5.15. The molecule has 1 unspecified atom stereocenters. The van der Waals surface area contributed by atoms with E-state index < -0.39 is 0 Å². The molecule has 2 rings (SSSR count). The molecule has 3 N–H and O–H groups in total. The van der Waals surface area contributed by atoms with Crippen molar-refractivity contribution in [3.63, 3.8) is 0 Å². The minimum atomic E-state index is -0.0574. The highest BCUT2D eigenvalue weighted by molar-refractivity contribution is 9.10. The third-order valence-corrected chi connectivity index (χ3v) is 4.13. The summed E-state index contributed by atoms with van der Waals surface area (Å²) < 4.78 is 6.40. The lowest BCUT2D eigenvalue weighted by atomic mass is 10.0. The van der Waals surface area contributed by atoms with Crippen LogP contribution in [0.25, 0.3) is 0 Å². The first-order valence-electron chi connectivity index (χ1n) is 5.50. The molecule has 96 valence electrons. The number of halogens is 1. The van der Waals surface area contributed by atoms with Gasteiger partial charge in [0.2, 0.25) is 0 Å². The number of nitrogens with two attached hydrogens (primary N) is 1. The van der Waals surface area contributed by atoms with Crippen LogP contribution in [0.3, 0.4) is 0 Å². The molecule has 0 amide bonds. The van der Waals surface area contributed by atoms with Gasteiger partial charge in [-0.05, 0) is 36.1 Å². The fourth-order valence-corrected chi connectivity index (χ4v) is 2.97. The highest BCUT2D eigenvalue weighted by Crippen LogP contribution is 2.33. The van der Waals surface area contributed by atoms with E-state index in [9.17, 15) is 0 Å². The molecule has 1 aromatic heterocycles. The van der Waals surface area contributed by atoms with Crippen LogP contribution in [0, 0.1) is 6.92 Å². The van der Waals surface area contributed by atoms with Crippen LogP contribution in [0.2, 0.25) is 0 Å². The highest BCUT2D eigenvalue weighted by atomic mass is 79.9. The Kier molecular flexibility index (Phi) is 4.40. The van der Waals surface area contributed by atoms with Crippen molar-refractivity contribution in [1.29, 1.82) is 0 Å². The van der Waals surface area contributed by atoms with E-state index in [2.05, 4.69) is 39.7 Å². The number of hydrogen-bond acceptors (Lipinski definition) is 4. The quantitative estimate of drug-likeness (QED) is 0.668. The highest BCUT2D eigenvalue weighted by Gasteiger charge is 2.18. The second kappa shape index (κ2) is 5.84. The Morgan fingerprint density at radius 3 is 2.72 bits per heavy atom. The number of hydrogen-bond donors (Lipinski definition) is 2. The third-order valence-electron chi connectivity index (χ3n) is 2.76. The molecule has 0 saturated carbocycles. The summed E-state index contributed by atoms with van der Waals surface area (Å²) in [5.74, 6) is 6.51. The molecule has 18 heavy (non-hydrogen) atoms. The van der Waals surface area contributed by atoms with E-state index in [0.717, 1.165) is 21.3 Å². The number of ether oxygens (including phenoxy) is 1. The molecule has 0 radical (unpaired) electrons. The van der Waals surface area contributed by atoms with Gasteiger partial charge < -0.3 is 4.74 Å². The van der Waals surface area contributed by atoms with E-state index in [1.165, 1.54) is 4.88 Å². The number of thiophene rings is 1. The Labute approximate surface area is 119 Å². The van der Waals surface area contributed by atoms with E-state index >= 15 is 0 Å². The maximum Gasteiger partial charge on any atom is 0.125 e. The van der Waals surface area contributed by atoms with Gasteiger partial charge in [-0.25, -0.2) is 5.43 Å². The van der Waals surface area contributed by atoms with Gasteiger partial charge in [0, 0.05) is 14.9 Å². The van der Waals surface area contributed by atoms with Crippen molar-refractivity contribution in [1.82, 2.24) is 5.43 Å². The molecule has 0 fully saturated rings. The lowest BCUT2D eigenvalue weighted by Gasteiger charge is -2.18. The first kappa shape index (κ1) is 13.5. The van der Waals surface area contributed by atoms with E-state index in [4.69, 9.17) is 10.6 Å². The molecule has 0 aliphatic rings. The number of methoxy groups -OCH3 is 1. The number of benzene rings is 1. The predicted molar refractivity (Wildman–Crippen MR) is 78.9 cm³/mol. The van der Waals surface area contributed by atoms with Gasteiger partial charge in [0.25, 0.3) is 0 Å².